The molecule has 1 aliphatic rings. The third-order valence-electron chi connectivity index (χ3n) is 3.95. The highest BCUT2D eigenvalue weighted by Crippen LogP contribution is 2.33. The fourth-order valence-corrected chi connectivity index (χ4v) is 2.21. The quantitative estimate of drug-likeness (QED) is 0.681. The number of hydrogen-bond donors (Lipinski definition) is 1. The van der Waals surface area contributed by atoms with Crippen LogP contribution in [0.25, 0.3) is 0 Å². The van der Waals surface area contributed by atoms with Crippen molar-refractivity contribution in [3.8, 4) is 0 Å². The van der Waals surface area contributed by atoms with Crippen LogP contribution >= 0.6 is 0 Å². The molecule has 1 aliphatic heterocycles. The van der Waals surface area contributed by atoms with Gasteiger partial charge in [0, 0.05) is 13.1 Å². The second-order valence-electron chi connectivity index (χ2n) is 5.26. The van der Waals surface area contributed by atoms with E-state index in [0.717, 1.165) is 6.54 Å². The monoisotopic (exact) mass is 212 g/mol. The molecule has 1 heterocycles. The number of rotatable bonds is 6. The van der Waals surface area contributed by atoms with E-state index in [-0.39, 0.29) is 0 Å². The van der Waals surface area contributed by atoms with Crippen molar-refractivity contribution in [3.05, 3.63) is 0 Å². The predicted molar refractivity (Wildman–Crippen MR) is 67.2 cm³/mol. The third-order valence-corrected chi connectivity index (χ3v) is 3.95. The average molecular weight is 212 g/mol. The number of likely N-dealkylation sites (tertiary alicyclic amines) is 1. The van der Waals surface area contributed by atoms with Crippen LogP contribution in [0, 0.1) is 5.41 Å². The van der Waals surface area contributed by atoms with E-state index < -0.39 is 0 Å². The third kappa shape index (κ3) is 4.52. The van der Waals surface area contributed by atoms with Crippen molar-refractivity contribution in [2.75, 3.05) is 32.7 Å². The van der Waals surface area contributed by atoms with Crippen molar-refractivity contribution in [2.45, 2.75) is 46.5 Å². The van der Waals surface area contributed by atoms with Crippen LogP contribution < -0.4 is 5.32 Å². The summed E-state index contributed by atoms with van der Waals surface area (Å²) in [4.78, 5) is 2.61. The number of piperidine rings is 1. The lowest BCUT2D eigenvalue weighted by Crippen LogP contribution is -2.41. The van der Waals surface area contributed by atoms with Gasteiger partial charge in [0.05, 0.1) is 0 Å². The second kappa shape index (κ2) is 6.49. The van der Waals surface area contributed by atoms with Crippen LogP contribution in [0.4, 0.5) is 0 Å². The lowest BCUT2D eigenvalue weighted by molar-refractivity contribution is 0.115. The first-order chi connectivity index (χ1) is 7.20. The van der Waals surface area contributed by atoms with E-state index in [4.69, 9.17) is 0 Å². The molecule has 0 bridgehead atoms. The molecular weight excluding hydrogens is 184 g/mol. The molecule has 1 N–H and O–H groups in total. The van der Waals surface area contributed by atoms with Gasteiger partial charge in [-0.2, -0.15) is 0 Å². The Bertz CT molecular complexity index is 160. The normalized spacial score (nSPS) is 21.8. The maximum absolute atomic E-state index is 3.48. The topological polar surface area (TPSA) is 15.3 Å². The van der Waals surface area contributed by atoms with Crippen molar-refractivity contribution in [1.29, 1.82) is 0 Å². The summed E-state index contributed by atoms with van der Waals surface area (Å²) in [7, 11) is 0. The molecule has 1 rings (SSSR count). The molecule has 0 unspecified atom stereocenters. The van der Waals surface area contributed by atoms with Crippen molar-refractivity contribution in [3.63, 3.8) is 0 Å². The molecule has 0 saturated carbocycles. The Hall–Kier alpha value is -0.0800. The van der Waals surface area contributed by atoms with Gasteiger partial charge in [0.2, 0.25) is 0 Å². The van der Waals surface area contributed by atoms with Crippen molar-refractivity contribution < 1.29 is 0 Å². The average Bonchev–Trinajstić information content (AvgIpc) is 2.27. The van der Waals surface area contributed by atoms with Crippen LogP contribution in [-0.4, -0.2) is 37.6 Å². The summed E-state index contributed by atoms with van der Waals surface area (Å²) in [5.74, 6) is 0. The number of hydrogen-bond acceptors (Lipinski definition) is 2. The Balaban J connectivity index is 2.09. The Kier molecular flexibility index (Phi) is 5.62. The van der Waals surface area contributed by atoms with Crippen LogP contribution in [0.5, 0.6) is 0 Å². The minimum Gasteiger partial charge on any atom is -0.315 e. The Morgan fingerprint density at radius 2 is 1.80 bits per heavy atom. The minimum absolute atomic E-state index is 0.632. The van der Waals surface area contributed by atoms with E-state index >= 15 is 0 Å². The first kappa shape index (κ1) is 13.0. The van der Waals surface area contributed by atoms with Crippen LogP contribution in [0.1, 0.15) is 46.5 Å². The molecule has 15 heavy (non-hydrogen) atoms. The molecule has 90 valence electrons. The molecule has 2 nitrogen and oxygen atoms in total. The molecule has 0 aromatic carbocycles. The smallest absolute Gasteiger partial charge is 0.0107 e. The van der Waals surface area contributed by atoms with Gasteiger partial charge < -0.3 is 10.2 Å². The lowest BCUT2D eigenvalue weighted by Gasteiger charge is -2.38. The van der Waals surface area contributed by atoms with E-state index in [1.807, 2.05) is 0 Å². The fourth-order valence-electron chi connectivity index (χ4n) is 2.21. The van der Waals surface area contributed by atoms with E-state index in [1.165, 1.54) is 51.9 Å². The first-order valence-electron chi connectivity index (χ1n) is 6.63. The highest BCUT2D eigenvalue weighted by Gasteiger charge is 2.27. The first-order valence-corrected chi connectivity index (χ1v) is 6.63. The van der Waals surface area contributed by atoms with Crippen molar-refractivity contribution in [2.24, 2.45) is 5.41 Å². The molecule has 0 spiro atoms. The van der Waals surface area contributed by atoms with E-state index in [1.54, 1.807) is 0 Å². The maximum atomic E-state index is 3.48. The summed E-state index contributed by atoms with van der Waals surface area (Å²) >= 11 is 0. The predicted octanol–water partition coefficient (Wildman–Crippen LogP) is 2.50. The number of nitrogens with zero attached hydrogens (tertiary/aromatic N) is 1. The Labute approximate surface area is 95.4 Å². The summed E-state index contributed by atoms with van der Waals surface area (Å²) in [5, 5.41) is 3.48. The zero-order valence-corrected chi connectivity index (χ0v) is 10.8. The van der Waals surface area contributed by atoms with Gasteiger partial charge in [-0.1, -0.05) is 27.2 Å². The molecule has 0 aromatic rings. The highest BCUT2D eigenvalue weighted by molar-refractivity contribution is 4.81. The molecule has 0 aromatic heterocycles. The standard InChI is InChI=1S/C13H28N2/c1-4-8-14-9-12-15-10-6-13(3,5-2)7-11-15/h14H,4-12H2,1-3H3. The zero-order chi connectivity index (χ0) is 11.1. The Morgan fingerprint density at radius 3 is 2.33 bits per heavy atom. The van der Waals surface area contributed by atoms with Gasteiger partial charge in [-0.05, 0) is 44.3 Å². The maximum Gasteiger partial charge on any atom is 0.0107 e. The lowest BCUT2D eigenvalue weighted by atomic mass is 9.78. The fraction of sp³-hybridized carbons (Fsp3) is 1.00. The molecule has 0 atom stereocenters. The van der Waals surface area contributed by atoms with Crippen molar-refractivity contribution >= 4 is 0 Å². The van der Waals surface area contributed by atoms with Gasteiger partial charge in [0.1, 0.15) is 0 Å². The summed E-state index contributed by atoms with van der Waals surface area (Å²) in [5.41, 5.74) is 0.632. The van der Waals surface area contributed by atoms with E-state index in [2.05, 4.69) is 31.0 Å². The van der Waals surface area contributed by atoms with Gasteiger partial charge in [-0.15, -0.1) is 0 Å². The SMILES string of the molecule is CCCNCCN1CCC(C)(CC)CC1. The molecular formula is C13H28N2. The van der Waals surface area contributed by atoms with Gasteiger partial charge in [-0.3, -0.25) is 0 Å². The largest absolute Gasteiger partial charge is 0.315 e. The molecule has 0 radical (unpaired) electrons. The molecule has 0 amide bonds. The van der Waals surface area contributed by atoms with Gasteiger partial charge in [0.25, 0.3) is 0 Å². The van der Waals surface area contributed by atoms with E-state index in [0.29, 0.717) is 5.41 Å². The summed E-state index contributed by atoms with van der Waals surface area (Å²) in [6, 6.07) is 0. The second-order valence-corrected chi connectivity index (χ2v) is 5.26. The zero-order valence-electron chi connectivity index (χ0n) is 10.8. The molecule has 1 fully saturated rings. The summed E-state index contributed by atoms with van der Waals surface area (Å²) in [6.07, 6.45) is 5.36. The van der Waals surface area contributed by atoms with Crippen LogP contribution in [0.2, 0.25) is 0 Å². The van der Waals surface area contributed by atoms with Gasteiger partial charge in [-0.25, -0.2) is 0 Å². The minimum atomic E-state index is 0.632. The Morgan fingerprint density at radius 1 is 1.13 bits per heavy atom. The summed E-state index contributed by atoms with van der Waals surface area (Å²) < 4.78 is 0. The molecule has 0 aliphatic carbocycles. The summed E-state index contributed by atoms with van der Waals surface area (Å²) in [6.45, 7) is 13.2. The molecule has 1 saturated heterocycles. The van der Waals surface area contributed by atoms with E-state index in [9.17, 15) is 0 Å². The van der Waals surface area contributed by atoms with Crippen molar-refractivity contribution in [1.82, 2.24) is 10.2 Å². The van der Waals surface area contributed by atoms with Gasteiger partial charge in [0.15, 0.2) is 0 Å². The van der Waals surface area contributed by atoms with Crippen LogP contribution in [-0.2, 0) is 0 Å². The van der Waals surface area contributed by atoms with Crippen LogP contribution in [0.15, 0.2) is 0 Å². The number of nitrogens with one attached hydrogen (secondary N) is 1. The van der Waals surface area contributed by atoms with Gasteiger partial charge >= 0.3 is 0 Å². The highest BCUT2D eigenvalue weighted by atomic mass is 15.1. The molecule has 2 heteroatoms. The van der Waals surface area contributed by atoms with Crippen LogP contribution in [0.3, 0.4) is 0 Å².